The van der Waals surface area contributed by atoms with E-state index in [1.54, 1.807) is 50.4 Å². The van der Waals surface area contributed by atoms with Crippen molar-refractivity contribution in [3.8, 4) is 0 Å². The lowest BCUT2D eigenvalue weighted by molar-refractivity contribution is -0.159. The highest BCUT2D eigenvalue weighted by atomic mass is 19.4. The van der Waals surface area contributed by atoms with Crippen LogP contribution in [0.5, 0.6) is 0 Å². The van der Waals surface area contributed by atoms with Gasteiger partial charge in [0.2, 0.25) is 0 Å². The van der Waals surface area contributed by atoms with Crippen molar-refractivity contribution in [2.75, 3.05) is 11.9 Å². The molecule has 0 radical (unpaired) electrons. The molecule has 4 rings (SSSR count). The molecule has 2 aliphatic heterocycles. The number of halogens is 3. The van der Waals surface area contributed by atoms with Gasteiger partial charge in [-0.3, -0.25) is 10.1 Å². The zero-order valence-corrected chi connectivity index (χ0v) is 13.1. The fourth-order valence-corrected chi connectivity index (χ4v) is 3.85. The molecule has 0 aromatic heterocycles. The Hall–Kier alpha value is -2.34. The summed E-state index contributed by atoms with van der Waals surface area (Å²) in [5, 5.41) is 2.62. The molecular formula is C18H15F3N2O. The Morgan fingerprint density at radius 1 is 1.12 bits per heavy atom. The average molecular weight is 332 g/mol. The van der Waals surface area contributed by atoms with Crippen molar-refractivity contribution in [1.29, 1.82) is 0 Å². The highest BCUT2D eigenvalue weighted by molar-refractivity contribution is 6.10. The smallest absolute Gasteiger partial charge is 0.313 e. The van der Waals surface area contributed by atoms with E-state index in [1.807, 2.05) is 0 Å². The molecule has 0 fully saturated rings. The quantitative estimate of drug-likeness (QED) is 0.802. The number of amides is 1. The van der Waals surface area contributed by atoms with Gasteiger partial charge in [0.25, 0.3) is 5.91 Å². The van der Waals surface area contributed by atoms with Crippen LogP contribution in [0.1, 0.15) is 28.3 Å². The van der Waals surface area contributed by atoms with E-state index in [0.29, 0.717) is 16.8 Å². The van der Waals surface area contributed by atoms with Crippen LogP contribution in [0, 0.1) is 6.92 Å². The number of rotatable bonds is 0. The van der Waals surface area contributed by atoms with Gasteiger partial charge < -0.3 is 4.90 Å². The Morgan fingerprint density at radius 3 is 2.54 bits per heavy atom. The van der Waals surface area contributed by atoms with Crippen molar-refractivity contribution >= 4 is 11.6 Å². The third-order valence-electron chi connectivity index (χ3n) is 4.91. The summed E-state index contributed by atoms with van der Waals surface area (Å²) in [6.07, 6.45) is -4.48. The molecule has 0 saturated carbocycles. The van der Waals surface area contributed by atoms with Crippen LogP contribution in [0.4, 0.5) is 18.9 Å². The third kappa shape index (κ3) is 1.74. The lowest BCUT2D eigenvalue weighted by atomic mass is 9.84. The normalized spacial score (nSPS) is 25.3. The first-order chi connectivity index (χ1) is 11.3. The van der Waals surface area contributed by atoms with E-state index in [2.05, 4.69) is 5.32 Å². The van der Waals surface area contributed by atoms with Gasteiger partial charge in [0.1, 0.15) is 6.04 Å². The Morgan fingerprint density at radius 2 is 1.83 bits per heavy atom. The second-order valence-electron chi connectivity index (χ2n) is 6.34. The maximum atomic E-state index is 13.6. The number of carbonyl (C=O) groups excluding carboxylic acids is 1. The molecule has 2 heterocycles. The molecule has 2 aromatic rings. The molecule has 0 bridgehead atoms. The van der Waals surface area contributed by atoms with Crippen LogP contribution in [0.25, 0.3) is 0 Å². The van der Waals surface area contributed by atoms with Crippen molar-refractivity contribution in [2.45, 2.75) is 24.7 Å². The average Bonchev–Trinajstić information content (AvgIpc) is 2.98. The minimum absolute atomic E-state index is 0.126. The highest BCUT2D eigenvalue weighted by Crippen LogP contribution is 2.53. The molecule has 24 heavy (non-hydrogen) atoms. The number of hydrogen-bond donors (Lipinski definition) is 1. The van der Waals surface area contributed by atoms with Crippen LogP contribution in [0.15, 0.2) is 42.5 Å². The van der Waals surface area contributed by atoms with Gasteiger partial charge in [-0.2, -0.15) is 13.2 Å². The summed E-state index contributed by atoms with van der Waals surface area (Å²) in [7, 11) is 1.59. The van der Waals surface area contributed by atoms with E-state index in [0.717, 1.165) is 5.56 Å². The number of para-hydroxylation sites is 1. The molecule has 6 heteroatoms. The Labute approximate surface area is 137 Å². The second-order valence-corrected chi connectivity index (χ2v) is 6.34. The van der Waals surface area contributed by atoms with Crippen LogP contribution >= 0.6 is 0 Å². The molecule has 124 valence electrons. The summed E-state index contributed by atoms with van der Waals surface area (Å²) in [5.74, 6) is -0.388. The first kappa shape index (κ1) is 15.2. The summed E-state index contributed by atoms with van der Waals surface area (Å²) >= 11 is 0. The maximum absolute atomic E-state index is 13.6. The van der Waals surface area contributed by atoms with E-state index >= 15 is 0 Å². The van der Waals surface area contributed by atoms with Crippen molar-refractivity contribution in [3.63, 3.8) is 0 Å². The minimum Gasteiger partial charge on any atom is -0.313 e. The summed E-state index contributed by atoms with van der Waals surface area (Å²) in [6.45, 7) is 1.75. The minimum atomic E-state index is -4.48. The topological polar surface area (TPSA) is 32.3 Å². The number of benzene rings is 2. The van der Waals surface area contributed by atoms with E-state index in [4.69, 9.17) is 0 Å². The van der Waals surface area contributed by atoms with Gasteiger partial charge in [0.15, 0.2) is 5.54 Å². The standard InChI is InChI=1S/C18H15F3N2O/c1-10-7-8-12-11(9-10)15(18(19,20)21)22-17(12)13-5-3-4-6-14(13)23(2)16(17)24/h3-9,15,22H,1-2H3. The number of anilines is 1. The van der Waals surface area contributed by atoms with E-state index in [-0.39, 0.29) is 11.5 Å². The Balaban J connectivity index is 2.03. The van der Waals surface area contributed by atoms with E-state index in [1.165, 1.54) is 11.0 Å². The SMILES string of the molecule is Cc1ccc2c(c1)C(C(F)(F)F)NC21C(=O)N(C)c2ccccc21. The predicted octanol–water partition coefficient (Wildman–Crippen LogP) is 3.42. The number of likely N-dealkylation sites (N-methyl/N-ethyl adjacent to an activating group) is 1. The van der Waals surface area contributed by atoms with Crippen LogP contribution in [0.2, 0.25) is 0 Å². The number of hydrogen-bond acceptors (Lipinski definition) is 2. The third-order valence-corrected chi connectivity index (χ3v) is 4.91. The van der Waals surface area contributed by atoms with Crippen molar-refractivity contribution in [3.05, 3.63) is 64.7 Å². The Kier molecular flexibility index (Phi) is 2.91. The number of carbonyl (C=O) groups is 1. The van der Waals surface area contributed by atoms with Crippen molar-refractivity contribution < 1.29 is 18.0 Å². The maximum Gasteiger partial charge on any atom is 0.407 e. The number of aryl methyl sites for hydroxylation is 1. The van der Waals surface area contributed by atoms with Gasteiger partial charge >= 0.3 is 6.18 Å². The monoisotopic (exact) mass is 332 g/mol. The molecule has 1 N–H and O–H groups in total. The van der Waals surface area contributed by atoms with Gasteiger partial charge in [0.05, 0.1) is 0 Å². The molecule has 3 nitrogen and oxygen atoms in total. The van der Waals surface area contributed by atoms with Gasteiger partial charge in [-0.25, -0.2) is 0 Å². The summed E-state index contributed by atoms with van der Waals surface area (Å²) < 4.78 is 40.9. The molecular weight excluding hydrogens is 317 g/mol. The number of nitrogens with zero attached hydrogens (tertiary/aromatic N) is 1. The number of alkyl halides is 3. The Bertz CT molecular complexity index is 862. The first-order valence-electron chi connectivity index (χ1n) is 7.60. The van der Waals surface area contributed by atoms with E-state index in [9.17, 15) is 18.0 Å². The van der Waals surface area contributed by atoms with Crippen molar-refractivity contribution in [2.24, 2.45) is 0 Å². The molecule has 2 atom stereocenters. The highest BCUT2D eigenvalue weighted by Gasteiger charge is 2.61. The van der Waals surface area contributed by atoms with Gasteiger partial charge in [0, 0.05) is 18.3 Å². The van der Waals surface area contributed by atoms with Crippen LogP contribution in [0.3, 0.4) is 0 Å². The molecule has 0 aliphatic carbocycles. The molecule has 2 aromatic carbocycles. The lowest BCUT2D eigenvalue weighted by Gasteiger charge is -2.26. The predicted molar refractivity (Wildman–Crippen MR) is 83.7 cm³/mol. The summed E-state index contributed by atoms with van der Waals surface area (Å²) in [4.78, 5) is 14.4. The van der Waals surface area contributed by atoms with E-state index < -0.39 is 17.8 Å². The fourth-order valence-electron chi connectivity index (χ4n) is 3.85. The summed E-state index contributed by atoms with van der Waals surface area (Å²) in [5.41, 5.74) is 0.958. The van der Waals surface area contributed by atoms with Gasteiger partial charge in [-0.05, 0) is 24.1 Å². The molecule has 1 spiro atoms. The van der Waals surface area contributed by atoms with Crippen molar-refractivity contribution in [1.82, 2.24) is 5.32 Å². The first-order valence-corrected chi connectivity index (χ1v) is 7.60. The molecule has 0 saturated heterocycles. The van der Waals surface area contributed by atoms with Crippen LogP contribution < -0.4 is 10.2 Å². The van der Waals surface area contributed by atoms with Gasteiger partial charge in [-0.15, -0.1) is 0 Å². The fraction of sp³-hybridized carbons (Fsp3) is 0.278. The molecule has 1 amide bonds. The lowest BCUT2D eigenvalue weighted by Crippen LogP contribution is -2.49. The van der Waals surface area contributed by atoms with Gasteiger partial charge in [-0.1, -0.05) is 42.0 Å². The zero-order chi connectivity index (χ0) is 17.3. The van der Waals surface area contributed by atoms with Crippen LogP contribution in [-0.2, 0) is 10.3 Å². The zero-order valence-electron chi connectivity index (χ0n) is 13.1. The van der Waals surface area contributed by atoms with Crippen LogP contribution in [-0.4, -0.2) is 19.1 Å². The molecule has 2 unspecified atom stereocenters. The number of fused-ring (bicyclic) bond motifs is 4. The summed E-state index contributed by atoms with van der Waals surface area (Å²) in [6, 6.07) is 10.0. The second kappa shape index (κ2) is 4.60. The largest absolute Gasteiger partial charge is 0.407 e. The molecule has 2 aliphatic rings. The number of nitrogens with one attached hydrogen (secondary N) is 1.